The number of thioether (sulfide) groups is 1. The summed E-state index contributed by atoms with van der Waals surface area (Å²) in [4.78, 5) is 13.6. The van der Waals surface area contributed by atoms with Crippen molar-refractivity contribution < 1.29 is 13.2 Å². The Morgan fingerprint density at radius 2 is 1.59 bits per heavy atom. The Hall–Kier alpha value is -2.77. The van der Waals surface area contributed by atoms with Gasteiger partial charge in [0, 0.05) is 16.3 Å². The van der Waals surface area contributed by atoms with Crippen molar-refractivity contribution in [2.45, 2.75) is 28.9 Å². The molecule has 0 fully saturated rings. The molecule has 0 unspecified atom stereocenters. The van der Waals surface area contributed by atoms with Gasteiger partial charge in [-0.25, -0.2) is 8.42 Å². The number of anilines is 2. The van der Waals surface area contributed by atoms with Crippen molar-refractivity contribution in [3.05, 3.63) is 84.4 Å². The van der Waals surface area contributed by atoms with E-state index in [2.05, 4.69) is 10.0 Å². The summed E-state index contributed by atoms with van der Waals surface area (Å²) in [5, 5.41) is 2.53. The summed E-state index contributed by atoms with van der Waals surface area (Å²) in [6.07, 6.45) is 0. The van der Waals surface area contributed by atoms with Gasteiger partial charge in [0.15, 0.2) is 0 Å². The minimum Gasteiger partial charge on any atom is -0.325 e. The minimum atomic E-state index is -3.70. The Morgan fingerprint density at radius 1 is 0.897 bits per heavy atom. The fourth-order valence-corrected chi connectivity index (χ4v) is 4.58. The van der Waals surface area contributed by atoms with E-state index in [1.807, 2.05) is 50.2 Å². The number of amides is 1. The van der Waals surface area contributed by atoms with Crippen molar-refractivity contribution in [3.8, 4) is 0 Å². The second-order valence-electron chi connectivity index (χ2n) is 6.56. The molecule has 0 bridgehead atoms. The van der Waals surface area contributed by atoms with Crippen LogP contribution in [0, 0.1) is 6.92 Å². The minimum absolute atomic E-state index is 0.128. The zero-order chi connectivity index (χ0) is 20.9. The van der Waals surface area contributed by atoms with Gasteiger partial charge >= 0.3 is 0 Å². The zero-order valence-corrected chi connectivity index (χ0v) is 17.8. The van der Waals surface area contributed by atoms with Gasteiger partial charge in [0.25, 0.3) is 10.0 Å². The first-order chi connectivity index (χ1) is 13.8. The Labute approximate surface area is 175 Å². The van der Waals surface area contributed by atoms with Crippen LogP contribution in [0.25, 0.3) is 0 Å². The average Bonchev–Trinajstić information content (AvgIpc) is 2.69. The van der Waals surface area contributed by atoms with Gasteiger partial charge in [-0.1, -0.05) is 30.3 Å². The first-order valence-electron chi connectivity index (χ1n) is 9.05. The van der Waals surface area contributed by atoms with Gasteiger partial charge in [-0.3, -0.25) is 9.52 Å². The first-order valence-corrected chi connectivity index (χ1v) is 11.4. The average molecular weight is 427 g/mol. The quantitative estimate of drug-likeness (QED) is 0.526. The topological polar surface area (TPSA) is 75.3 Å². The zero-order valence-electron chi connectivity index (χ0n) is 16.1. The van der Waals surface area contributed by atoms with Crippen molar-refractivity contribution >= 4 is 39.1 Å². The van der Waals surface area contributed by atoms with Crippen LogP contribution in [0.2, 0.25) is 0 Å². The van der Waals surface area contributed by atoms with Gasteiger partial charge < -0.3 is 5.32 Å². The lowest BCUT2D eigenvalue weighted by atomic mass is 10.2. The largest absolute Gasteiger partial charge is 0.325 e. The van der Waals surface area contributed by atoms with Gasteiger partial charge in [-0.15, -0.1) is 11.8 Å². The molecule has 3 aromatic carbocycles. The van der Waals surface area contributed by atoms with Crippen LogP contribution in [0.15, 0.2) is 88.7 Å². The molecule has 0 saturated carbocycles. The lowest BCUT2D eigenvalue weighted by molar-refractivity contribution is -0.115. The summed E-state index contributed by atoms with van der Waals surface area (Å²) in [7, 11) is -3.70. The molecule has 0 saturated heterocycles. The molecule has 150 valence electrons. The first kappa shape index (κ1) is 21.0. The molecule has 2 N–H and O–H groups in total. The lowest BCUT2D eigenvalue weighted by Crippen LogP contribution is -2.22. The molecule has 0 heterocycles. The Balaban J connectivity index is 1.64. The van der Waals surface area contributed by atoms with Crippen LogP contribution in [-0.4, -0.2) is 19.6 Å². The highest BCUT2D eigenvalue weighted by Crippen LogP contribution is 2.24. The van der Waals surface area contributed by atoms with Crippen LogP contribution in [-0.2, 0) is 14.8 Å². The summed E-state index contributed by atoms with van der Waals surface area (Å²) in [6, 6.07) is 23.0. The van der Waals surface area contributed by atoms with Gasteiger partial charge in [0.05, 0.1) is 10.1 Å². The summed E-state index contributed by atoms with van der Waals surface area (Å²) < 4.78 is 27.7. The lowest BCUT2D eigenvalue weighted by Gasteiger charge is -2.13. The highest BCUT2D eigenvalue weighted by atomic mass is 32.2. The molecule has 0 aromatic heterocycles. The summed E-state index contributed by atoms with van der Waals surface area (Å²) in [6.45, 7) is 3.73. The molecule has 3 aromatic rings. The van der Waals surface area contributed by atoms with Crippen molar-refractivity contribution in [2.75, 3.05) is 10.0 Å². The molecule has 3 rings (SSSR count). The maximum absolute atomic E-state index is 12.6. The van der Waals surface area contributed by atoms with Crippen LogP contribution in [0.1, 0.15) is 12.5 Å². The number of hydrogen-bond acceptors (Lipinski definition) is 4. The van der Waals surface area contributed by atoms with Crippen LogP contribution < -0.4 is 10.0 Å². The van der Waals surface area contributed by atoms with Crippen molar-refractivity contribution in [3.63, 3.8) is 0 Å². The Morgan fingerprint density at radius 3 is 2.24 bits per heavy atom. The monoisotopic (exact) mass is 426 g/mol. The van der Waals surface area contributed by atoms with Crippen molar-refractivity contribution in [1.29, 1.82) is 0 Å². The Kier molecular flexibility index (Phi) is 6.61. The number of sulfonamides is 1. The molecular weight excluding hydrogens is 404 g/mol. The number of benzene rings is 3. The fourth-order valence-electron chi connectivity index (χ4n) is 2.64. The molecular formula is C22H22N2O3S2. The van der Waals surface area contributed by atoms with E-state index in [1.54, 1.807) is 30.3 Å². The molecule has 0 radical (unpaired) electrons. The molecule has 29 heavy (non-hydrogen) atoms. The standard InChI is InChI=1S/C22H22N2O3S2/c1-16-7-6-8-19(15-16)24-29(26,27)21-13-11-18(12-14-21)23-22(25)17(2)28-20-9-4-3-5-10-20/h3-15,17,24H,1-2H3,(H,23,25)/t17-/m0/s1. The number of carbonyl (C=O) groups excluding carboxylic acids is 1. The van der Waals surface area contributed by atoms with E-state index in [-0.39, 0.29) is 16.1 Å². The smallest absolute Gasteiger partial charge is 0.261 e. The Bertz CT molecular complexity index is 1080. The normalized spacial score (nSPS) is 12.2. The maximum atomic E-state index is 12.6. The highest BCUT2D eigenvalue weighted by molar-refractivity contribution is 8.00. The van der Waals surface area contributed by atoms with Gasteiger partial charge in [-0.05, 0) is 67.9 Å². The molecule has 1 amide bonds. The summed E-state index contributed by atoms with van der Waals surface area (Å²) in [5.41, 5.74) is 2.02. The van der Waals surface area contributed by atoms with Crippen LogP contribution >= 0.6 is 11.8 Å². The predicted octanol–water partition coefficient (Wildman–Crippen LogP) is 4.92. The van der Waals surface area contributed by atoms with Crippen molar-refractivity contribution in [1.82, 2.24) is 0 Å². The van der Waals surface area contributed by atoms with E-state index in [4.69, 9.17) is 0 Å². The van der Waals surface area contributed by atoms with Gasteiger partial charge in [-0.2, -0.15) is 0 Å². The highest BCUT2D eigenvalue weighted by Gasteiger charge is 2.17. The summed E-state index contributed by atoms with van der Waals surface area (Å²) in [5.74, 6) is -0.146. The van der Waals surface area contributed by atoms with Gasteiger partial charge in [0.2, 0.25) is 5.91 Å². The third-order valence-corrected chi connectivity index (χ3v) is 6.64. The van der Waals surface area contributed by atoms with E-state index < -0.39 is 10.0 Å². The second kappa shape index (κ2) is 9.15. The number of rotatable bonds is 7. The van der Waals surface area contributed by atoms with Crippen LogP contribution in [0.4, 0.5) is 11.4 Å². The number of aryl methyl sites for hydroxylation is 1. The van der Waals surface area contributed by atoms with Crippen LogP contribution in [0.5, 0.6) is 0 Å². The molecule has 0 aliphatic rings. The second-order valence-corrected chi connectivity index (χ2v) is 9.66. The molecule has 0 spiro atoms. The van der Waals surface area contributed by atoms with E-state index in [9.17, 15) is 13.2 Å². The number of carbonyl (C=O) groups is 1. The number of hydrogen-bond donors (Lipinski definition) is 2. The maximum Gasteiger partial charge on any atom is 0.261 e. The summed E-state index contributed by atoms with van der Waals surface area (Å²) >= 11 is 1.46. The number of nitrogens with one attached hydrogen (secondary N) is 2. The third kappa shape index (κ3) is 5.85. The molecule has 5 nitrogen and oxygen atoms in total. The molecule has 1 atom stereocenters. The van der Waals surface area contributed by atoms with Crippen molar-refractivity contribution in [2.24, 2.45) is 0 Å². The van der Waals surface area contributed by atoms with E-state index in [0.29, 0.717) is 11.4 Å². The molecule has 0 aliphatic carbocycles. The molecule has 0 aliphatic heterocycles. The predicted molar refractivity (Wildman–Crippen MR) is 119 cm³/mol. The van der Waals surface area contributed by atoms with Crippen LogP contribution in [0.3, 0.4) is 0 Å². The van der Waals surface area contributed by atoms with E-state index in [0.717, 1.165) is 10.5 Å². The van der Waals surface area contributed by atoms with Gasteiger partial charge in [0.1, 0.15) is 0 Å². The molecule has 7 heteroatoms. The SMILES string of the molecule is Cc1cccc(NS(=O)(=O)c2ccc(NC(=O)[C@H](C)Sc3ccccc3)cc2)c1. The third-order valence-electron chi connectivity index (χ3n) is 4.13. The fraction of sp³-hybridized carbons (Fsp3) is 0.136. The van der Waals surface area contributed by atoms with E-state index in [1.165, 1.54) is 23.9 Å². The van der Waals surface area contributed by atoms with E-state index >= 15 is 0 Å².